The van der Waals surface area contributed by atoms with Crippen LogP contribution in [0.3, 0.4) is 0 Å². The molecule has 0 atom stereocenters. The third-order valence-electron chi connectivity index (χ3n) is 6.10. The molecule has 2 aliphatic rings. The summed E-state index contributed by atoms with van der Waals surface area (Å²) in [6.45, 7) is 6.36. The second-order valence-corrected chi connectivity index (χ2v) is 7.88. The summed E-state index contributed by atoms with van der Waals surface area (Å²) in [7, 11) is 5.56. The highest BCUT2D eigenvalue weighted by molar-refractivity contribution is 14.0. The Morgan fingerprint density at radius 1 is 1.17 bits per heavy atom. The van der Waals surface area contributed by atoms with Crippen molar-refractivity contribution >= 4 is 29.9 Å². The van der Waals surface area contributed by atoms with Gasteiger partial charge in [0.1, 0.15) is 18.1 Å². The molecule has 2 aliphatic heterocycles. The summed E-state index contributed by atoms with van der Waals surface area (Å²) in [6, 6.07) is 7.67. The predicted molar refractivity (Wildman–Crippen MR) is 131 cm³/mol. The first-order valence-electron chi connectivity index (χ1n) is 10.7. The molecule has 30 heavy (non-hydrogen) atoms. The molecule has 1 N–H and O–H groups in total. The molecular formula is C22H37IN4O3. The number of ether oxygens (including phenoxy) is 3. The second kappa shape index (κ2) is 12.6. The van der Waals surface area contributed by atoms with E-state index >= 15 is 0 Å². The van der Waals surface area contributed by atoms with E-state index in [0.717, 1.165) is 56.6 Å². The fourth-order valence-corrected chi connectivity index (χ4v) is 4.25. The summed E-state index contributed by atoms with van der Waals surface area (Å²) in [5.74, 6) is 2.59. The van der Waals surface area contributed by atoms with Crippen molar-refractivity contribution in [1.29, 1.82) is 0 Å². The van der Waals surface area contributed by atoms with Gasteiger partial charge in [-0.15, -0.1) is 24.0 Å². The molecule has 0 aliphatic carbocycles. The largest absolute Gasteiger partial charge is 0.497 e. The third-order valence-corrected chi connectivity index (χ3v) is 6.10. The monoisotopic (exact) mass is 532 g/mol. The van der Waals surface area contributed by atoms with Crippen LogP contribution in [0.1, 0.15) is 25.7 Å². The highest BCUT2D eigenvalue weighted by Crippen LogP contribution is 2.30. The minimum absolute atomic E-state index is 0. The first-order chi connectivity index (χ1) is 14.2. The first kappa shape index (κ1) is 25.0. The predicted octanol–water partition coefficient (Wildman–Crippen LogP) is 2.84. The number of aliphatic imine (C=N–C) groups is 1. The third kappa shape index (κ3) is 6.62. The van der Waals surface area contributed by atoms with Gasteiger partial charge in [-0.05, 0) is 63.0 Å². The second-order valence-electron chi connectivity index (χ2n) is 7.88. The fraction of sp³-hybridized carbons (Fsp3) is 0.682. The molecule has 0 bridgehead atoms. The van der Waals surface area contributed by atoms with E-state index in [4.69, 9.17) is 14.2 Å². The van der Waals surface area contributed by atoms with E-state index in [-0.39, 0.29) is 29.5 Å². The van der Waals surface area contributed by atoms with Crippen LogP contribution < -0.4 is 14.8 Å². The van der Waals surface area contributed by atoms with Crippen molar-refractivity contribution in [3.8, 4) is 11.5 Å². The molecule has 2 fully saturated rings. The minimum Gasteiger partial charge on any atom is -0.497 e. The van der Waals surface area contributed by atoms with Gasteiger partial charge in [0.25, 0.3) is 0 Å². The molecule has 0 aromatic heterocycles. The van der Waals surface area contributed by atoms with Crippen molar-refractivity contribution in [1.82, 2.24) is 15.1 Å². The summed E-state index contributed by atoms with van der Waals surface area (Å²) < 4.78 is 16.7. The zero-order valence-electron chi connectivity index (χ0n) is 18.6. The summed E-state index contributed by atoms with van der Waals surface area (Å²) in [5, 5.41) is 3.63. The molecule has 0 spiro atoms. The Balaban J connectivity index is 0.00000320. The van der Waals surface area contributed by atoms with Gasteiger partial charge < -0.3 is 24.4 Å². The van der Waals surface area contributed by atoms with E-state index in [9.17, 15) is 0 Å². The van der Waals surface area contributed by atoms with Gasteiger partial charge in [0.2, 0.25) is 0 Å². The zero-order valence-corrected chi connectivity index (χ0v) is 20.9. The van der Waals surface area contributed by atoms with Gasteiger partial charge in [-0.2, -0.15) is 0 Å². The average Bonchev–Trinajstić information content (AvgIpc) is 3.31. The number of halogens is 1. The topological polar surface area (TPSA) is 58.6 Å². The van der Waals surface area contributed by atoms with E-state index in [1.807, 2.05) is 31.3 Å². The number of likely N-dealkylation sites (tertiary alicyclic amines) is 1. The van der Waals surface area contributed by atoms with Crippen LogP contribution in [0.15, 0.2) is 29.3 Å². The molecule has 7 nitrogen and oxygen atoms in total. The van der Waals surface area contributed by atoms with Gasteiger partial charge in [0.05, 0.1) is 13.7 Å². The zero-order chi connectivity index (χ0) is 20.5. The van der Waals surface area contributed by atoms with E-state index < -0.39 is 0 Å². The average molecular weight is 532 g/mol. The number of guanidine groups is 1. The van der Waals surface area contributed by atoms with Crippen molar-refractivity contribution in [2.75, 3.05) is 67.2 Å². The Morgan fingerprint density at radius 3 is 2.40 bits per heavy atom. The van der Waals surface area contributed by atoms with Gasteiger partial charge in [-0.25, -0.2) is 0 Å². The van der Waals surface area contributed by atoms with E-state index in [1.165, 1.54) is 25.9 Å². The number of benzene rings is 1. The lowest BCUT2D eigenvalue weighted by Crippen LogP contribution is -2.58. The molecular weight excluding hydrogens is 495 g/mol. The summed E-state index contributed by atoms with van der Waals surface area (Å²) in [4.78, 5) is 9.28. The van der Waals surface area contributed by atoms with Crippen LogP contribution in [0.5, 0.6) is 11.5 Å². The normalized spacial score (nSPS) is 19.1. The van der Waals surface area contributed by atoms with Crippen LogP contribution in [0, 0.1) is 0 Å². The van der Waals surface area contributed by atoms with Crippen LogP contribution in [-0.4, -0.2) is 88.5 Å². The molecule has 1 aromatic carbocycles. The van der Waals surface area contributed by atoms with Gasteiger partial charge in [0.15, 0.2) is 5.96 Å². The molecule has 0 unspecified atom stereocenters. The van der Waals surface area contributed by atoms with Crippen molar-refractivity contribution in [3.63, 3.8) is 0 Å². The van der Waals surface area contributed by atoms with Crippen LogP contribution in [-0.2, 0) is 4.74 Å². The van der Waals surface area contributed by atoms with Crippen LogP contribution >= 0.6 is 24.0 Å². The van der Waals surface area contributed by atoms with E-state index in [2.05, 4.69) is 27.2 Å². The molecule has 0 amide bonds. The molecule has 2 heterocycles. The maximum Gasteiger partial charge on any atom is 0.193 e. The molecule has 0 saturated carbocycles. The highest BCUT2D eigenvalue weighted by Gasteiger charge is 2.39. The number of nitrogens with one attached hydrogen (secondary N) is 1. The highest BCUT2D eigenvalue weighted by atomic mass is 127. The van der Waals surface area contributed by atoms with E-state index in [1.54, 1.807) is 7.11 Å². The molecule has 3 rings (SSSR count). The van der Waals surface area contributed by atoms with Crippen LogP contribution in [0.4, 0.5) is 0 Å². The molecule has 0 radical (unpaired) electrons. The van der Waals surface area contributed by atoms with Crippen LogP contribution in [0.25, 0.3) is 0 Å². The lowest BCUT2D eigenvalue weighted by atomic mass is 9.88. The number of methoxy groups -OCH3 is 1. The van der Waals surface area contributed by atoms with Gasteiger partial charge in [0, 0.05) is 39.4 Å². The van der Waals surface area contributed by atoms with Crippen molar-refractivity contribution in [3.05, 3.63) is 24.3 Å². The Bertz CT molecular complexity index is 644. The van der Waals surface area contributed by atoms with E-state index in [0.29, 0.717) is 6.61 Å². The summed E-state index contributed by atoms with van der Waals surface area (Å²) >= 11 is 0. The number of rotatable bonds is 8. The summed E-state index contributed by atoms with van der Waals surface area (Å²) in [5.41, 5.74) is 0.186. The van der Waals surface area contributed by atoms with Gasteiger partial charge >= 0.3 is 0 Å². The SMILES string of the molecule is CN=C(NCC1(N2CCCC2)CCOCC1)N(C)CCOc1ccc(OC)cc1.I. The maximum atomic E-state index is 5.86. The molecule has 8 heteroatoms. The molecule has 1 aromatic rings. The van der Waals surface area contributed by atoms with Crippen molar-refractivity contribution in [2.45, 2.75) is 31.2 Å². The Morgan fingerprint density at radius 2 is 1.80 bits per heavy atom. The standard InChI is InChI=1S/C22H36N4O3.HI/c1-23-21(25(2)14-17-29-20-8-6-19(27-3)7-9-20)24-18-22(10-15-28-16-11-22)26-12-4-5-13-26;/h6-9H,4-5,10-18H2,1-3H3,(H,23,24);1H. The smallest absolute Gasteiger partial charge is 0.193 e. The Kier molecular flexibility index (Phi) is 10.5. The number of hydrogen-bond acceptors (Lipinski definition) is 5. The molecule has 170 valence electrons. The first-order valence-corrected chi connectivity index (χ1v) is 10.7. The number of nitrogens with zero attached hydrogens (tertiary/aromatic N) is 3. The lowest BCUT2D eigenvalue weighted by molar-refractivity contribution is -0.0166. The Hall–Kier alpha value is -1.26. The van der Waals surface area contributed by atoms with Crippen molar-refractivity contribution in [2.24, 2.45) is 4.99 Å². The summed E-state index contributed by atoms with van der Waals surface area (Å²) in [6.07, 6.45) is 4.78. The maximum absolute atomic E-state index is 5.86. The number of likely N-dealkylation sites (N-methyl/N-ethyl adjacent to an activating group) is 1. The minimum atomic E-state index is 0. The van der Waals surface area contributed by atoms with Crippen LogP contribution in [0.2, 0.25) is 0 Å². The fourth-order valence-electron chi connectivity index (χ4n) is 4.25. The van der Waals surface area contributed by atoms with Gasteiger partial charge in [-0.1, -0.05) is 0 Å². The molecule has 2 saturated heterocycles. The van der Waals surface area contributed by atoms with Crippen molar-refractivity contribution < 1.29 is 14.2 Å². The Labute approximate surface area is 198 Å². The lowest BCUT2D eigenvalue weighted by Gasteiger charge is -2.45. The number of hydrogen-bond donors (Lipinski definition) is 1. The quantitative estimate of drug-likeness (QED) is 0.316. The van der Waals surface area contributed by atoms with Gasteiger partial charge in [-0.3, -0.25) is 9.89 Å².